The van der Waals surface area contributed by atoms with E-state index in [0.29, 0.717) is 16.8 Å². The van der Waals surface area contributed by atoms with Gasteiger partial charge in [-0.3, -0.25) is 4.68 Å². The number of carbonyl (C=O) groups excluding carboxylic acids is 1. The van der Waals surface area contributed by atoms with E-state index in [9.17, 15) is 4.79 Å². The molecule has 0 aliphatic carbocycles. The molecule has 1 saturated heterocycles. The highest BCUT2D eigenvalue weighted by Crippen LogP contribution is 2.44. The van der Waals surface area contributed by atoms with Crippen LogP contribution in [0.4, 0.5) is 10.5 Å². The molecule has 140 valence electrons. The van der Waals surface area contributed by atoms with Crippen LogP contribution in [-0.4, -0.2) is 48.7 Å². The minimum Gasteiger partial charge on any atom is -0.325 e. The van der Waals surface area contributed by atoms with Crippen LogP contribution < -0.4 is 5.32 Å². The van der Waals surface area contributed by atoms with E-state index in [2.05, 4.69) is 34.5 Å². The molecule has 0 aromatic carbocycles. The summed E-state index contributed by atoms with van der Waals surface area (Å²) in [5.74, 6) is 0.496. The van der Waals surface area contributed by atoms with Crippen LogP contribution >= 0.6 is 23.4 Å². The maximum atomic E-state index is 12.4. The Morgan fingerprint density at radius 1 is 1.35 bits per heavy atom. The second-order valence-electron chi connectivity index (χ2n) is 6.99. The molecule has 3 rings (SSSR count). The zero-order chi connectivity index (χ0) is 18.7. The van der Waals surface area contributed by atoms with E-state index in [0.717, 1.165) is 30.8 Å². The van der Waals surface area contributed by atoms with Crippen LogP contribution in [-0.2, 0) is 7.05 Å². The summed E-state index contributed by atoms with van der Waals surface area (Å²) in [7, 11) is 1.87. The molecule has 0 saturated carbocycles. The smallest absolute Gasteiger partial charge is 0.321 e. The number of carbonyl (C=O) groups is 1. The molecule has 7 nitrogen and oxygen atoms in total. The van der Waals surface area contributed by atoms with Gasteiger partial charge in [0.05, 0.1) is 23.0 Å². The van der Waals surface area contributed by atoms with Crippen molar-refractivity contribution in [3.8, 4) is 0 Å². The summed E-state index contributed by atoms with van der Waals surface area (Å²) < 4.78 is 1.76. The van der Waals surface area contributed by atoms with Crippen molar-refractivity contribution in [2.45, 2.75) is 36.3 Å². The lowest BCUT2D eigenvalue weighted by Gasteiger charge is -2.40. The molecule has 2 amide bonds. The number of likely N-dealkylation sites (tertiary alicyclic amines) is 1. The molecule has 26 heavy (non-hydrogen) atoms. The first-order valence-electron chi connectivity index (χ1n) is 8.56. The number of urea groups is 1. The van der Waals surface area contributed by atoms with Crippen molar-refractivity contribution in [2.24, 2.45) is 13.0 Å². The highest BCUT2D eigenvalue weighted by Gasteiger charge is 2.35. The van der Waals surface area contributed by atoms with Crippen LogP contribution in [0.3, 0.4) is 0 Å². The lowest BCUT2D eigenvalue weighted by atomic mass is 9.86. The quantitative estimate of drug-likeness (QED) is 0.800. The summed E-state index contributed by atoms with van der Waals surface area (Å²) in [6.07, 6.45) is 6.98. The van der Waals surface area contributed by atoms with Crippen molar-refractivity contribution in [3.05, 3.63) is 29.8 Å². The molecular weight excluding hydrogens is 372 g/mol. The lowest BCUT2D eigenvalue weighted by Crippen LogP contribution is -2.44. The zero-order valence-corrected chi connectivity index (χ0v) is 16.7. The maximum absolute atomic E-state index is 12.4. The molecular formula is C17H23ClN6OS. The zero-order valence-electron chi connectivity index (χ0n) is 15.1. The number of nitrogens with zero attached hydrogens (tertiary/aromatic N) is 5. The second kappa shape index (κ2) is 7.84. The van der Waals surface area contributed by atoms with Crippen LogP contribution in [0.25, 0.3) is 0 Å². The van der Waals surface area contributed by atoms with Crippen molar-refractivity contribution >= 4 is 35.1 Å². The number of hydrogen-bond acceptors (Lipinski definition) is 5. The Bertz CT molecular complexity index is 758. The molecule has 1 N–H and O–H groups in total. The van der Waals surface area contributed by atoms with Crippen LogP contribution in [0.5, 0.6) is 0 Å². The molecule has 3 heterocycles. The summed E-state index contributed by atoms with van der Waals surface area (Å²) in [5, 5.41) is 15.1. The average molecular weight is 395 g/mol. The van der Waals surface area contributed by atoms with Crippen LogP contribution in [0, 0.1) is 5.92 Å². The topological polar surface area (TPSA) is 75.9 Å². The van der Waals surface area contributed by atoms with Gasteiger partial charge in [-0.1, -0.05) is 25.4 Å². The van der Waals surface area contributed by atoms with Gasteiger partial charge in [0, 0.05) is 31.1 Å². The molecule has 0 atom stereocenters. The SMILES string of the molecule is Cn1cc(SC(C)(C)C2CCN(C(=O)Nc3ccnnc3)CC2)c(Cl)n1. The fourth-order valence-corrected chi connectivity index (χ4v) is 4.80. The van der Waals surface area contributed by atoms with E-state index in [4.69, 9.17) is 11.6 Å². The molecule has 0 spiro atoms. The van der Waals surface area contributed by atoms with Gasteiger partial charge in [0.15, 0.2) is 5.15 Å². The van der Waals surface area contributed by atoms with E-state index in [1.54, 1.807) is 34.9 Å². The summed E-state index contributed by atoms with van der Waals surface area (Å²) in [4.78, 5) is 15.3. The molecule has 9 heteroatoms. The highest BCUT2D eigenvalue weighted by molar-refractivity contribution is 8.00. The van der Waals surface area contributed by atoms with Gasteiger partial charge >= 0.3 is 6.03 Å². The third-order valence-electron chi connectivity index (χ3n) is 4.73. The minimum absolute atomic E-state index is 0.0181. The molecule has 2 aromatic rings. The number of rotatable bonds is 4. The van der Waals surface area contributed by atoms with Crippen LogP contribution in [0.15, 0.2) is 29.6 Å². The highest BCUT2D eigenvalue weighted by atomic mass is 35.5. The Hall–Kier alpha value is -1.80. The van der Waals surface area contributed by atoms with Crippen molar-refractivity contribution in [3.63, 3.8) is 0 Å². The number of thioether (sulfide) groups is 1. The van der Waals surface area contributed by atoms with E-state index >= 15 is 0 Å². The monoisotopic (exact) mass is 394 g/mol. The van der Waals surface area contributed by atoms with Crippen LogP contribution in [0.1, 0.15) is 26.7 Å². The molecule has 2 aromatic heterocycles. The van der Waals surface area contributed by atoms with Crippen molar-refractivity contribution in [1.29, 1.82) is 0 Å². The second-order valence-corrected chi connectivity index (χ2v) is 9.04. The van der Waals surface area contributed by atoms with Gasteiger partial charge in [0.1, 0.15) is 0 Å². The Kier molecular flexibility index (Phi) is 5.72. The number of aryl methyl sites for hydroxylation is 1. The average Bonchev–Trinajstić information content (AvgIpc) is 2.92. The summed E-state index contributed by atoms with van der Waals surface area (Å²) >= 11 is 7.97. The number of piperidine rings is 1. The van der Waals surface area contributed by atoms with Gasteiger partial charge in [-0.2, -0.15) is 15.3 Å². The first-order chi connectivity index (χ1) is 12.3. The van der Waals surface area contributed by atoms with Crippen molar-refractivity contribution in [2.75, 3.05) is 18.4 Å². The van der Waals surface area contributed by atoms with Gasteiger partial charge in [-0.05, 0) is 24.8 Å². The number of hydrogen-bond donors (Lipinski definition) is 1. The Morgan fingerprint density at radius 2 is 2.08 bits per heavy atom. The molecule has 0 unspecified atom stereocenters. The predicted molar refractivity (Wildman–Crippen MR) is 104 cm³/mol. The number of nitrogens with one attached hydrogen (secondary N) is 1. The normalized spacial score (nSPS) is 15.9. The Balaban J connectivity index is 1.55. The van der Waals surface area contributed by atoms with Crippen LogP contribution in [0.2, 0.25) is 5.15 Å². The predicted octanol–water partition coefficient (Wildman–Crippen LogP) is 3.68. The molecule has 1 aliphatic rings. The standard InChI is InChI=1S/C17H23ClN6OS/c1-17(2,26-14-11-23(3)22-15(14)18)12-5-8-24(9-6-12)16(25)21-13-4-7-19-20-10-13/h4,7,10-12H,5-6,8-9H2,1-3H3,(H,19,21,25). The molecule has 0 bridgehead atoms. The first-order valence-corrected chi connectivity index (χ1v) is 9.75. The van der Waals surface area contributed by atoms with E-state index in [-0.39, 0.29) is 10.8 Å². The third kappa shape index (κ3) is 4.48. The van der Waals surface area contributed by atoms with Gasteiger partial charge < -0.3 is 10.2 Å². The Labute approximate surface area is 162 Å². The van der Waals surface area contributed by atoms with Crippen molar-refractivity contribution in [1.82, 2.24) is 24.9 Å². The van der Waals surface area contributed by atoms with E-state index in [1.807, 2.05) is 18.1 Å². The summed E-state index contributed by atoms with van der Waals surface area (Å²) in [6, 6.07) is 1.65. The number of halogens is 1. The number of anilines is 1. The van der Waals surface area contributed by atoms with Gasteiger partial charge in [0.25, 0.3) is 0 Å². The van der Waals surface area contributed by atoms with E-state index < -0.39 is 0 Å². The summed E-state index contributed by atoms with van der Waals surface area (Å²) in [6.45, 7) is 5.95. The minimum atomic E-state index is -0.0859. The molecule has 0 radical (unpaired) electrons. The maximum Gasteiger partial charge on any atom is 0.321 e. The fraction of sp³-hybridized carbons (Fsp3) is 0.529. The van der Waals surface area contributed by atoms with Crippen molar-refractivity contribution < 1.29 is 4.79 Å². The summed E-state index contributed by atoms with van der Waals surface area (Å²) in [5.41, 5.74) is 0.661. The van der Waals surface area contributed by atoms with E-state index in [1.165, 1.54) is 0 Å². The number of amides is 2. The van der Waals surface area contributed by atoms with Gasteiger partial charge in [0.2, 0.25) is 0 Å². The molecule has 1 fully saturated rings. The van der Waals surface area contributed by atoms with Gasteiger partial charge in [-0.15, -0.1) is 11.8 Å². The Morgan fingerprint density at radius 3 is 2.65 bits per heavy atom. The van der Waals surface area contributed by atoms with Gasteiger partial charge in [-0.25, -0.2) is 4.79 Å². The third-order valence-corrected chi connectivity index (χ3v) is 6.50. The molecule has 1 aliphatic heterocycles. The first kappa shape index (κ1) is 19.0. The lowest BCUT2D eigenvalue weighted by molar-refractivity contribution is 0.173. The largest absolute Gasteiger partial charge is 0.325 e. The fourth-order valence-electron chi connectivity index (χ4n) is 3.22. The number of aromatic nitrogens is 4.